The maximum atomic E-state index is 11.8. The third-order valence-electron chi connectivity index (χ3n) is 2.64. The summed E-state index contributed by atoms with van der Waals surface area (Å²) in [5, 5.41) is 11.6. The first kappa shape index (κ1) is 11.6. The monoisotopic (exact) mass is 235 g/mol. The second kappa shape index (κ2) is 4.97. The van der Waals surface area contributed by atoms with Crippen LogP contribution < -0.4 is 5.32 Å². The van der Waals surface area contributed by atoms with Crippen molar-refractivity contribution in [2.24, 2.45) is 0 Å². The van der Waals surface area contributed by atoms with Crippen LogP contribution >= 0.6 is 0 Å². The molecule has 1 aliphatic rings. The van der Waals surface area contributed by atoms with Crippen LogP contribution in [-0.2, 0) is 4.74 Å². The van der Waals surface area contributed by atoms with Gasteiger partial charge in [0, 0.05) is 12.2 Å². The number of carbonyl (C=O) groups excluding carboxylic acids is 1. The van der Waals surface area contributed by atoms with Gasteiger partial charge in [0.1, 0.15) is 0 Å². The summed E-state index contributed by atoms with van der Waals surface area (Å²) >= 11 is 0. The highest BCUT2D eigenvalue weighted by molar-refractivity contribution is 5.97. The summed E-state index contributed by atoms with van der Waals surface area (Å²) in [6.07, 6.45) is 0.796. The van der Waals surface area contributed by atoms with E-state index >= 15 is 0 Å². The third-order valence-corrected chi connectivity index (χ3v) is 2.64. The zero-order chi connectivity index (χ0) is 12.3. The number of amides is 1. The molecule has 2 rings (SSSR count). The fourth-order valence-electron chi connectivity index (χ4n) is 1.71. The molecule has 1 unspecified atom stereocenters. The van der Waals surface area contributed by atoms with E-state index < -0.39 is 5.97 Å². The minimum absolute atomic E-state index is 0.0241. The Morgan fingerprint density at radius 3 is 2.76 bits per heavy atom. The van der Waals surface area contributed by atoms with Crippen molar-refractivity contribution < 1.29 is 19.4 Å². The van der Waals surface area contributed by atoms with Crippen LogP contribution in [0.1, 0.15) is 27.1 Å². The molecule has 1 amide bonds. The molecule has 1 fully saturated rings. The predicted octanol–water partition coefficient (Wildman–Crippen LogP) is 0.903. The van der Waals surface area contributed by atoms with Gasteiger partial charge in [0.2, 0.25) is 0 Å². The van der Waals surface area contributed by atoms with Crippen LogP contribution in [0.5, 0.6) is 0 Å². The average Bonchev–Trinajstić information content (AvgIpc) is 2.82. The van der Waals surface area contributed by atoms with Crippen molar-refractivity contribution in [3.63, 3.8) is 0 Å². The number of ether oxygens (including phenoxy) is 1. The van der Waals surface area contributed by atoms with Crippen LogP contribution in [0.2, 0.25) is 0 Å². The van der Waals surface area contributed by atoms with E-state index in [4.69, 9.17) is 9.84 Å². The molecule has 0 spiro atoms. The summed E-state index contributed by atoms with van der Waals surface area (Å²) < 4.78 is 5.15. The van der Waals surface area contributed by atoms with Gasteiger partial charge >= 0.3 is 5.97 Å². The molecule has 1 atom stereocenters. The highest BCUT2D eigenvalue weighted by Crippen LogP contribution is 2.08. The molecule has 0 bridgehead atoms. The molecule has 1 aromatic carbocycles. The van der Waals surface area contributed by atoms with E-state index in [1.807, 2.05) is 0 Å². The van der Waals surface area contributed by atoms with Crippen LogP contribution in [0.25, 0.3) is 0 Å². The maximum absolute atomic E-state index is 11.8. The maximum Gasteiger partial charge on any atom is 0.335 e. The number of aromatic carboxylic acids is 1. The molecule has 0 aromatic heterocycles. The molecule has 2 N–H and O–H groups in total. The van der Waals surface area contributed by atoms with Crippen molar-refractivity contribution in [2.45, 2.75) is 12.5 Å². The largest absolute Gasteiger partial charge is 0.478 e. The van der Waals surface area contributed by atoms with Gasteiger partial charge in [-0.15, -0.1) is 0 Å². The summed E-state index contributed by atoms with van der Waals surface area (Å²) in [5.74, 6) is -1.30. The minimum Gasteiger partial charge on any atom is -0.478 e. The Bertz CT molecular complexity index is 438. The molecule has 1 heterocycles. The molecule has 0 saturated carbocycles. The Hall–Kier alpha value is -1.88. The van der Waals surface area contributed by atoms with E-state index in [2.05, 4.69) is 5.32 Å². The first-order valence-corrected chi connectivity index (χ1v) is 5.39. The van der Waals surface area contributed by atoms with E-state index in [0.717, 1.165) is 6.42 Å². The second-order valence-electron chi connectivity index (χ2n) is 3.92. The van der Waals surface area contributed by atoms with Gasteiger partial charge in [0.05, 0.1) is 18.2 Å². The quantitative estimate of drug-likeness (QED) is 0.816. The summed E-state index contributed by atoms with van der Waals surface area (Å²) in [5.41, 5.74) is 0.470. The van der Waals surface area contributed by atoms with Crippen molar-refractivity contribution in [3.8, 4) is 0 Å². The lowest BCUT2D eigenvalue weighted by molar-refractivity contribution is 0.0697. The second-order valence-corrected chi connectivity index (χ2v) is 3.92. The summed E-state index contributed by atoms with van der Waals surface area (Å²) in [4.78, 5) is 22.6. The molecular weight excluding hydrogens is 222 g/mol. The van der Waals surface area contributed by atoms with E-state index in [1.54, 1.807) is 12.1 Å². The van der Waals surface area contributed by atoms with Crippen molar-refractivity contribution in [1.82, 2.24) is 5.32 Å². The highest BCUT2D eigenvalue weighted by atomic mass is 16.5. The number of rotatable bonds is 3. The number of hydrogen-bond donors (Lipinski definition) is 2. The Kier molecular flexibility index (Phi) is 3.39. The number of carboxylic acids is 1. The lowest BCUT2D eigenvalue weighted by Gasteiger charge is -2.10. The van der Waals surface area contributed by atoms with Crippen LogP contribution in [0.15, 0.2) is 24.3 Å². The number of carboxylic acid groups (broad SMARTS) is 1. The molecule has 17 heavy (non-hydrogen) atoms. The Morgan fingerprint density at radius 2 is 2.12 bits per heavy atom. The smallest absolute Gasteiger partial charge is 0.335 e. The number of nitrogens with one attached hydrogen (secondary N) is 1. The van der Waals surface area contributed by atoms with Crippen molar-refractivity contribution in [1.29, 1.82) is 0 Å². The van der Waals surface area contributed by atoms with E-state index in [9.17, 15) is 9.59 Å². The van der Waals surface area contributed by atoms with Gasteiger partial charge in [-0.1, -0.05) is 6.07 Å². The molecule has 1 saturated heterocycles. The van der Waals surface area contributed by atoms with E-state index in [-0.39, 0.29) is 17.5 Å². The molecule has 0 aliphatic carbocycles. The fourth-order valence-corrected chi connectivity index (χ4v) is 1.71. The SMILES string of the molecule is O=C(O)c1cccc(C(=O)NC2CCOC2)c1. The Balaban J connectivity index is 2.07. The van der Waals surface area contributed by atoms with Crippen LogP contribution in [0.4, 0.5) is 0 Å². The molecule has 5 nitrogen and oxygen atoms in total. The fraction of sp³-hybridized carbons (Fsp3) is 0.333. The minimum atomic E-state index is -1.04. The third kappa shape index (κ3) is 2.82. The summed E-state index contributed by atoms with van der Waals surface area (Å²) in [7, 11) is 0. The van der Waals surface area contributed by atoms with Gasteiger partial charge in [-0.05, 0) is 24.6 Å². The van der Waals surface area contributed by atoms with Crippen LogP contribution in [-0.4, -0.2) is 36.2 Å². The van der Waals surface area contributed by atoms with Crippen LogP contribution in [0, 0.1) is 0 Å². The van der Waals surface area contributed by atoms with Gasteiger partial charge in [0.15, 0.2) is 0 Å². The van der Waals surface area contributed by atoms with E-state index in [1.165, 1.54) is 12.1 Å². The standard InChI is InChI=1S/C12H13NO4/c14-11(13-10-4-5-17-7-10)8-2-1-3-9(6-8)12(15)16/h1-3,6,10H,4-5,7H2,(H,13,14)(H,15,16). The zero-order valence-corrected chi connectivity index (χ0v) is 9.18. The summed E-state index contributed by atoms with van der Waals surface area (Å²) in [6.45, 7) is 1.17. The first-order valence-electron chi connectivity index (χ1n) is 5.39. The van der Waals surface area contributed by atoms with E-state index in [0.29, 0.717) is 18.8 Å². The summed E-state index contributed by atoms with van der Waals surface area (Å²) in [6, 6.07) is 6.00. The first-order chi connectivity index (χ1) is 8.16. The predicted molar refractivity (Wildman–Crippen MR) is 60.1 cm³/mol. The van der Waals surface area contributed by atoms with Crippen LogP contribution in [0.3, 0.4) is 0 Å². The molecule has 0 radical (unpaired) electrons. The van der Waals surface area contributed by atoms with Gasteiger partial charge < -0.3 is 15.2 Å². The molecule has 90 valence electrons. The molecular formula is C12H13NO4. The molecule has 1 aromatic rings. The molecule has 1 aliphatic heterocycles. The topological polar surface area (TPSA) is 75.6 Å². The number of benzene rings is 1. The Labute approximate surface area is 98.4 Å². The van der Waals surface area contributed by atoms with Gasteiger partial charge in [-0.3, -0.25) is 4.79 Å². The lowest BCUT2D eigenvalue weighted by Crippen LogP contribution is -2.35. The zero-order valence-electron chi connectivity index (χ0n) is 9.18. The van der Waals surface area contributed by atoms with Gasteiger partial charge in [-0.25, -0.2) is 4.79 Å². The Morgan fingerprint density at radius 1 is 1.35 bits per heavy atom. The number of hydrogen-bond acceptors (Lipinski definition) is 3. The normalized spacial score (nSPS) is 18.9. The number of carbonyl (C=O) groups is 2. The highest BCUT2D eigenvalue weighted by Gasteiger charge is 2.18. The van der Waals surface area contributed by atoms with Crippen molar-refractivity contribution in [3.05, 3.63) is 35.4 Å². The van der Waals surface area contributed by atoms with Gasteiger partial charge in [-0.2, -0.15) is 0 Å². The lowest BCUT2D eigenvalue weighted by atomic mass is 10.1. The van der Waals surface area contributed by atoms with Gasteiger partial charge in [0.25, 0.3) is 5.91 Å². The van der Waals surface area contributed by atoms with Crippen molar-refractivity contribution >= 4 is 11.9 Å². The molecule has 5 heteroatoms. The average molecular weight is 235 g/mol. The van der Waals surface area contributed by atoms with Crippen molar-refractivity contribution in [2.75, 3.05) is 13.2 Å².